The molecule has 1 aliphatic rings. The fourth-order valence-electron chi connectivity index (χ4n) is 2.35. The minimum absolute atomic E-state index is 0.00243. The average molecular weight is 208 g/mol. The molecule has 82 valence electrons. The zero-order chi connectivity index (χ0) is 10.9. The molecule has 1 aromatic rings. The summed E-state index contributed by atoms with van der Waals surface area (Å²) >= 11 is 0. The molecule has 0 bridgehead atoms. The normalized spacial score (nSPS) is 27.1. The van der Waals surface area contributed by atoms with Gasteiger partial charge in [0.2, 0.25) is 0 Å². The number of nitrogens with zero attached hydrogens (tertiary/aromatic N) is 1. The highest BCUT2D eigenvalue weighted by atomic mass is 19.1. The van der Waals surface area contributed by atoms with Crippen molar-refractivity contribution in [2.75, 3.05) is 27.2 Å². The molecule has 0 aliphatic carbocycles. The van der Waals surface area contributed by atoms with Gasteiger partial charge in [0.25, 0.3) is 0 Å². The number of nitrogens with one attached hydrogen (secondary N) is 1. The fourth-order valence-corrected chi connectivity index (χ4v) is 2.35. The lowest BCUT2D eigenvalue weighted by molar-refractivity contribution is 0.334. The smallest absolute Gasteiger partial charge is 0.123 e. The van der Waals surface area contributed by atoms with E-state index in [1.807, 2.05) is 19.2 Å². The van der Waals surface area contributed by atoms with Crippen LogP contribution in [0.3, 0.4) is 0 Å². The van der Waals surface area contributed by atoms with E-state index in [0.717, 1.165) is 19.5 Å². The van der Waals surface area contributed by atoms with E-state index in [2.05, 4.69) is 17.3 Å². The van der Waals surface area contributed by atoms with Gasteiger partial charge in [0.05, 0.1) is 5.54 Å². The highest BCUT2D eigenvalue weighted by Gasteiger charge is 2.36. The molecule has 0 aromatic heterocycles. The number of hydrogen-bond acceptors (Lipinski definition) is 2. The predicted octanol–water partition coefficient (Wildman–Crippen LogP) is 1.58. The van der Waals surface area contributed by atoms with Crippen molar-refractivity contribution in [3.63, 3.8) is 0 Å². The highest BCUT2D eigenvalue weighted by molar-refractivity contribution is 5.27. The van der Waals surface area contributed by atoms with Gasteiger partial charge < -0.3 is 10.2 Å². The summed E-state index contributed by atoms with van der Waals surface area (Å²) in [5.74, 6) is -0.170. The fraction of sp³-hybridized carbons (Fsp3) is 0.500. The summed E-state index contributed by atoms with van der Waals surface area (Å²) in [6.07, 6.45) is 1.08. The van der Waals surface area contributed by atoms with E-state index in [-0.39, 0.29) is 11.4 Å². The predicted molar refractivity (Wildman–Crippen MR) is 59.3 cm³/mol. The van der Waals surface area contributed by atoms with Gasteiger partial charge in [-0.2, -0.15) is 0 Å². The number of hydrogen-bond donors (Lipinski definition) is 1. The van der Waals surface area contributed by atoms with Crippen LogP contribution in [0, 0.1) is 5.82 Å². The van der Waals surface area contributed by atoms with Crippen molar-refractivity contribution in [2.45, 2.75) is 12.0 Å². The lowest BCUT2D eigenvalue weighted by atomic mass is 9.89. The van der Waals surface area contributed by atoms with Crippen LogP contribution in [0.4, 0.5) is 4.39 Å². The van der Waals surface area contributed by atoms with Crippen LogP contribution in [-0.4, -0.2) is 32.1 Å². The third kappa shape index (κ3) is 1.90. The third-order valence-corrected chi connectivity index (χ3v) is 3.34. The molecule has 0 radical (unpaired) electrons. The molecule has 2 rings (SSSR count). The van der Waals surface area contributed by atoms with Gasteiger partial charge in [0.15, 0.2) is 0 Å². The van der Waals surface area contributed by atoms with E-state index in [0.29, 0.717) is 0 Å². The molecule has 0 amide bonds. The Morgan fingerprint density at radius 3 is 2.47 bits per heavy atom. The maximum atomic E-state index is 12.8. The Kier molecular flexibility index (Phi) is 2.76. The van der Waals surface area contributed by atoms with E-state index < -0.39 is 0 Å². The van der Waals surface area contributed by atoms with Crippen LogP contribution < -0.4 is 5.32 Å². The van der Waals surface area contributed by atoms with Crippen molar-refractivity contribution >= 4 is 0 Å². The van der Waals surface area contributed by atoms with Gasteiger partial charge in [0.1, 0.15) is 5.82 Å². The zero-order valence-corrected chi connectivity index (χ0v) is 9.26. The maximum absolute atomic E-state index is 12.8. The van der Waals surface area contributed by atoms with Gasteiger partial charge in [-0.15, -0.1) is 0 Å². The summed E-state index contributed by atoms with van der Waals surface area (Å²) in [6.45, 7) is 2.06. The minimum Gasteiger partial charge on any atom is -0.309 e. The lowest BCUT2D eigenvalue weighted by Gasteiger charge is -2.29. The average Bonchev–Trinajstić information content (AvgIpc) is 2.62. The molecular formula is C12H17FN2. The van der Waals surface area contributed by atoms with Crippen molar-refractivity contribution in [3.05, 3.63) is 35.6 Å². The SMILES string of the molecule is CNC1(c2ccc(F)cc2)CCN(C)C1. The molecule has 15 heavy (non-hydrogen) atoms. The second-order valence-electron chi connectivity index (χ2n) is 4.33. The Bertz CT molecular complexity index is 336. The molecular weight excluding hydrogens is 191 g/mol. The largest absolute Gasteiger partial charge is 0.309 e. The Labute approximate surface area is 90.1 Å². The van der Waals surface area contributed by atoms with Gasteiger partial charge in [-0.3, -0.25) is 0 Å². The monoisotopic (exact) mass is 208 g/mol. The van der Waals surface area contributed by atoms with Gasteiger partial charge in [0, 0.05) is 13.1 Å². The molecule has 1 heterocycles. The first-order valence-corrected chi connectivity index (χ1v) is 5.30. The molecule has 0 spiro atoms. The number of rotatable bonds is 2. The molecule has 1 atom stereocenters. The van der Waals surface area contributed by atoms with E-state index in [4.69, 9.17) is 0 Å². The Morgan fingerprint density at radius 1 is 1.33 bits per heavy atom. The second kappa shape index (κ2) is 3.91. The summed E-state index contributed by atoms with van der Waals surface area (Å²) in [5.41, 5.74) is 1.18. The van der Waals surface area contributed by atoms with Crippen LogP contribution in [0.15, 0.2) is 24.3 Å². The molecule has 1 fully saturated rings. The first kappa shape index (κ1) is 10.6. The topological polar surface area (TPSA) is 15.3 Å². The lowest BCUT2D eigenvalue weighted by Crippen LogP contribution is -2.42. The summed E-state index contributed by atoms with van der Waals surface area (Å²) in [5, 5.41) is 3.38. The molecule has 2 nitrogen and oxygen atoms in total. The number of likely N-dealkylation sites (N-methyl/N-ethyl adjacent to an activating group) is 2. The number of halogens is 1. The molecule has 1 aliphatic heterocycles. The van der Waals surface area contributed by atoms with Crippen molar-refractivity contribution in [3.8, 4) is 0 Å². The minimum atomic E-state index is -0.170. The van der Waals surface area contributed by atoms with Gasteiger partial charge in [-0.25, -0.2) is 4.39 Å². The molecule has 1 aromatic carbocycles. The van der Waals surface area contributed by atoms with Gasteiger partial charge >= 0.3 is 0 Å². The first-order chi connectivity index (χ1) is 7.16. The standard InChI is InChI=1S/C12H17FN2/c1-14-12(7-8-15(2)9-12)10-3-5-11(13)6-4-10/h3-6,14H,7-9H2,1-2H3. The van der Waals surface area contributed by atoms with Crippen molar-refractivity contribution < 1.29 is 4.39 Å². The highest BCUT2D eigenvalue weighted by Crippen LogP contribution is 2.30. The summed E-state index contributed by atoms with van der Waals surface area (Å²) in [6, 6.07) is 6.83. The van der Waals surface area contributed by atoms with Gasteiger partial charge in [-0.1, -0.05) is 12.1 Å². The van der Waals surface area contributed by atoms with Crippen molar-refractivity contribution in [1.29, 1.82) is 0 Å². The van der Waals surface area contributed by atoms with Crippen molar-refractivity contribution in [1.82, 2.24) is 10.2 Å². The number of likely N-dealkylation sites (tertiary alicyclic amines) is 1. The molecule has 1 unspecified atom stereocenters. The van der Waals surface area contributed by atoms with Crippen molar-refractivity contribution in [2.24, 2.45) is 0 Å². The molecule has 1 saturated heterocycles. The van der Waals surface area contributed by atoms with E-state index >= 15 is 0 Å². The second-order valence-corrected chi connectivity index (χ2v) is 4.33. The Balaban J connectivity index is 2.30. The van der Waals surface area contributed by atoms with Crippen LogP contribution in [0.5, 0.6) is 0 Å². The van der Waals surface area contributed by atoms with Crippen LogP contribution >= 0.6 is 0 Å². The Hall–Kier alpha value is -0.930. The summed E-state index contributed by atoms with van der Waals surface area (Å²) < 4.78 is 12.8. The number of benzene rings is 1. The Morgan fingerprint density at radius 2 is 2.00 bits per heavy atom. The first-order valence-electron chi connectivity index (χ1n) is 5.30. The molecule has 0 saturated carbocycles. The maximum Gasteiger partial charge on any atom is 0.123 e. The summed E-state index contributed by atoms with van der Waals surface area (Å²) in [7, 11) is 4.09. The van der Waals surface area contributed by atoms with Gasteiger partial charge in [-0.05, 0) is 38.2 Å². The van der Waals surface area contributed by atoms with E-state index in [1.165, 1.54) is 17.7 Å². The van der Waals surface area contributed by atoms with Crippen LogP contribution in [-0.2, 0) is 5.54 Å². The molecule has 1 N–H and O–H groups in total. The molecule has 3 heteroatoms. The van der Waals surface area contributed by atoms with Crippen LogP contribution in [0.1, 0.15) is 12.0 Å². The van der Waals surface area contributed by atoms with Crippen LogP contribution in [0.2, 0.25) is 0 Å². The third-order valence-electron chi connectivity index (χ3n) is 3.34. The van der Waals surface area contributed by atoms with E-state index in [9.17, 15) is 4.39 Å². The quantitative estimate of drug-likeness (QED) is 0.793. The van der Waals surface area contributed by atoms with Crippen LogP contribution in [0.25, 0.3) is 0 Å². The summed E-state index contributed by atoms with van der Waals surface area (Å²) in [4.78, 5) is 2.29. The zero-order valence-electron chi connectivity index (χ0n) is 9.26. The van der Waals surface area contributed by atoms with E-state index in [1.54, 1.807) is 0 Å².